The largest absolute Gasteiger partial charge is 0.263 e. The third-order valence-electron chi connectivity index (χ3n) is 3.08. The van der Waals surface area contributed by atoms with Gasteiger partial charge in [-0.2, -0.15) is 0 Å². The second-order valence-electron chi connectivity index (χ2n) is 4.28. The smallest absolute Gasteiger partial charge is 0.0410 e. The Kier molecular flexibility index (Phi) is 4.21. The normalized spacial score (nSPS) is 26.5. The van der Waals surface area contributed by atoms with Crippen LogP contribution in [-0.4, -0.2) is 9.81 Å². The molecule has 0 bridgehead atoms. The third-order valence-corrected chi connectivity index (χ3v) is 4.71. The van der Waals surface area contributed by atoms with Gasteiger partial charge in [0.25, 0.3) is 0 Å². The molecule has 0 radical (unpaired) electrons. The van der Waals surface area contributed by atoms with Crippen molar-refractivity contribution in [1.82, 2.24) is 4.98 Å². The average molecular weight is 333 g/mol. The molecule has 2 unspecified atom stereocenters. The van der Waals surface area contributed by atoms with E-state index in [0.717, 1.165) is 16.8 Å². The number of alkyl halides is 1. The minimum atomic E-state index is 0.699. The topological polar surface area (TPSA) is 12.9 Å². The number of rotatable bonds is 2. The standard InChI is InChI=1S/C12H15Br2N/c13-11-6-9(7-15-8-11)5-10-3-1-2-4-12(10)14/h6-8,10,12H,1-5H2. The van der Waals surface area contributed by atoms with Gasteiger partial charge in [0.1, 0.15) is 0 Å². The van der Waals surface area contributed by atoms with Crippen molar-refractivity contribution in [1.29, 1.82) is 0 Å². The summed E-state index contributed by atoms with van der Waals surface area (Å²) in [6, 6.07) is 2.18. The van der Waals surface area contributed by atoms with Gasteiger partial charge < -0.3 is 0 Å². The molecule has 1 heterocycles. The van der Waals surface area contributed by atoms with Crippen molar-refractivity contribution >= 4 is 31.9 Å². The van der Waals surface area contributed by atoms with Gasteiger partial charge in [0, 0.05) is 21.7 Å². The minimum absolute atomic E-state index is 0.699. The van der Waals surface area contributed by atoms with E-state index in [4.69, 9.17) is 0 Å². The van der Waals surface area contributed by atoms with E-state index >= 15 is 0 Å². The summed E-state index contributed by atoms with van der Waals surface area (Å²) in [6.07, 6.45) is 10.4. The molecule has 1 aliphatic carbocycles. The molecule has 0 aliphatic heterocycles. The molecule has 1 saturated carbocycles. The van der Waals surface area contributed by atoms with Crippen molar-refractivity contribution in [2.45, 2.75) is 36.9 Å². The number of halogens is 2. The molecule has 1 aliphatic rings. The van der Waals surface area contributed by atoms with Crippen molar-refractivity contribution in [3.8, 4) is 0 Å². The number of aromatic nitrogens is 1. The summed E-state index contributed by atoms with van der Waals surface area (Å²) in [6.45, 7) is 0. The molecule has 3 heteroatoms. The summed E-state index contributed by atoms with van der Waals surface area (Å²) in [4.78, 5) is 4.91. The van der Waals surface area contributed by atoms with Crippen LogP contribution in [0.1, 0.15) is 31.2 Å². The fraction of sp³-hybridized carbons (Fsp3) is 0.583. The van der Waals surface area contributed by atoms with Crippen LogP contribution in [0.2, 0.25) is 0 Å². The summed E-state index contributed by atoms with van der Waals surface area (Å²) in [5, 5.41) is 0. The molecule has 2 rings (SSSR count). The SMILES string of the molecule is Brc1cncc(CC2CCCCC2Br)c1. The Labute approximate surface area is 108 Å². The van der Waals surface area contributed by atoms with E-state index in [1.165, 1.54) is 31.2 Å². The van der Waals surface area contributed by atoms with Crippen LogP contribution >= 0.6 is 31.9 Å². The molecule has 0 amide bonds. The van der Waals surface area contributed by atoms with Crippen LogP contribution in [0.5, 0.6) is 0 Å². The monoisotopic (exact) mass is 331 g/mol. The highest BCUT2D eigenvalue weighted by molar-refractivity contribution is 9.10. The van der Waals surface area contributed by atoms with Crippen LogP contribution in [0, 0.1) is 5.92 Å². The first kappa shape index (κ1) is 11.6. The maximum Gasteiger partial charge on any atom is 0.0410 e. The first-order valence-corrected chi connectivity index (χ1v) is 7.20. The second-order valence-corrected chi connectivity index (χ2v) is 6.37. The fourth-order valence-electron chi connectivity index (χ4n) is 2.26. The molecule has 2 atom stereocenters. The summed E-state index contributed by atoms with van der Waals surface area (Å²) in [5.74, 6) is 0.787. The van der Waals surface area contributed by atoms with Gasteiger partial charge in [-0.1, -0.05) is 28.8 Å². The van der Waals surface area contributed by atoms with E-state index < -0.39 is 0 Å². The summed E-state index contributed by atoms with van der Waals surface area (Å²) in [5.41, 5.74) is 1.35. The molecule has 0 N–H and O–H groups in total. The van der Waals surface area contributed by atoms with Gasteiger partial charge in [-0.05, 0) is 52.7 Å². The summed E-state index contributed by atoms with van der Waals surface area (Å²) >= 11 is 7.27. The van der Waals surface area contributed by atoms with Gasteiger partial charge in [0.15, 0.2) is 0 Å². The Morgan fingerprint density at radius 2 is 2.07 bits per heavy atom. The minimum Gasteiger partial charge on any atom is -0.263 e. The molecule has 82 valence electrons. The molecule has 1 aromatic heterocycles. The first-order chi connectivity index (χ1) is 7.25. The van der Waals surface area contributed by atoms with E-state index in [1.54, 1.807) is 0 Å². The lowest BCUT2D eigenvalue weighted by Crippen LogP contribution is -2.21. The molecule has 1 nitrogen and oxygen atoms in total. The van der Waals surface area contributed by atoms with E-state index in [0.29, 0.717) is 4.83 Å². The van der Waals surface area contributed by atoms with Crippen molar-refractivity contribution < 1.29 is 0 Å². The van der Waals surface area contributed by atoms with E-state index in [9.17, 15) is 0 Å². The highest BCUT2D eigenvalue weighted by Crippen LogP contribution is 2.32. The Morgan fingerprint density at radius 1 is 1.27 bits per heavy atom. The van der Waals surface area contributed by atoms with Gasteiger partial charge in [-0.25, -0.2) is 0 Å². The van der Waals surface area contributed by atoms with E-state index in [-0.39, 0.29) is 0 Å². The van der Waals surface area contributed by atoms with Crippen molar-refractivity contribution in [2.75, 3.05) is 0 Å². The second kappa shape index (κ2) is 5.44. The Bertz CT molecular complexity index is 327. The zero-order chi connectivity index (χ0) is 10.7. The van der Waals surface area contributed by atoms with Crippen molar-refractivity contribution in [3.05, 3.63) is 28.5 Å². The molecule has 15 heavy (non-hydrogen) atoms. The Hall–Kier alpha value is 0.110. The summed E-state index contributed by atoms with van der Waals surface area (Å²) in [7, 11) is 0. The molecule has 0 aromatic carbocycles. The van der Waals surface area contributed by atoms with Crippen molar-refractivity contribution in [2.24, 2.45) is 5.92 Å². The van der Waals surface area contributed by atoms with E-state index in [2.05, 4.69) is 42.9 Å². The molecule has 0 saturated heterocycles. The van der Waals surface area contributed by atoms with Crippen LogP contribution in [0.25, 0.3) is 0 Å². The lowest BCUT2D eigenvalue weighted by Gasteiger charge is -2.27. The third kappa shape index (κ3) is 3.28. The number of hydrogen-bond donors (Lipinski definition) is 0. The van der Waals surface area contributed by atoms with Crippen LogP contribution in [0.3, 0.4) is 0 Å². The number of hydrogen-bond acceptors (Lipinski definition) is 1. The first-order valence-electron chi connectivity index (χ1n) is 5.49. The molecular formula is C12H15Br2N. The zero-order valence-electron chi connectivity index (χ0n) is 8.63. The van der Waals surface area contributed by atoms with Crippen molar-refractivity contribution in [3.63, 3.8) is 0 Å². The van der Waals surface area contributed by atoms with Crippen LogP contribution in [0.4, 0.5) is 0 Å². The van der Waals surface area contributed by atoms with Gasteiger partial charge in [0.2, 0.25) is 0 Å². The average Bonchev–Trinajstić information content (AvgIpc) is 2.22. The number of pyridine rings is 1. The maximum absolute atomic E-state index is 4.21. The van der Waals surface area contributed by atoms with Gasteiger partial charge in [0.05, 0.1) is 0 Å². The predicted octanol–water partition coefficient (Wildman–Crippen LogP) is 4.34. The van der Waals surface area contributed by atoms with Crippen LogP contribution in [-0.2, 0) is 6.42 Å². The lowest BCUT2D eigenvalue weighted by molar-refractivity contribution is 0.373. The molecular weight excluding hydrogens is 318 g/mol. The fourth-order valence-corrected chi connectivity index (χ4v) is 3.45. The van der Waals surface area contributed by atoms with Gasteiger partial charge >= 0.3 is 0 Å². The Morgan fingerprint density at radius 3 is 2.80 bits per heavy atom. The highest BCUT2D eigenvalue weighted by atomic mass is 79.9. The molecule has 1 aromatic rings. The van der Waals surface area contributed by atoms with Gasteiger partial charge in [-0.3, -0.25) is 4.98 Å². The van der Waals surface area contributed by atoms with Crippen LogP contribution in [0.15, 0.2) is 22.9 Å². The van der Waals surface area contributed by atoms with E-state index in [1.807, 2.05) is 12.4 Å². The van der Waals surface area contributed by atoms with Gasteiger partial charge in [-0.15, -0.1) is 0 Å². The zero-order valence-corrected chi connectivity index (χ0v) is 11.8. The Balaban J connectivity index is 2.01. The summed E-state index contributed by atoms with van der Waals surface area (Å²) < 4.78 is 1.09. The lowest BCUT2D eigenvalue weighted by atomic mass is 9.85. The molecule has 1 fully saturated rings. The quantitative estimate of drug-likeness (QED) is 0.734. The predicted molar refractivity (Wildman–Crippen MR) is 70.3 cm³/mol. The molecule has 0 spiro atoms. The maximum atomic E-state index is 4.21. The highest BCUT2D eigenvalue weighted by Gasteiger charge is 2.22. The number of nitrogens with zero attached hydrogens (tertiary/aromatic N) is 1. The van der Waals surface area contributed by atoms with Crippen LogP contribution < -0.4 is 0 Å².